The highest BCUT2D eigenvalue weighted by atomic mass is 19.1. The number of aromatic nitrogens is 5. The zero-order valence-corrected chi connectivity index (χ0v) is 22.4. The summed E-state index contributed by atoms with van der Waals surface area (Å²) in [6.07, 6.45) is 6.65. The Balaban J connectivity index is 1.28. The Kier molecular flexibility index (Phi) is 7.51. The van der Waals surface area contributed by atoms with Crippen LogP contribution in [0.4, 0.5) is 20.7 Å². The van der Waals surface area contributed by atoms with Crippen LogP contribution in [0, 0.1) is 5.82 Å². The largest absolute Gasteiger partial charge is 0.378 e. The molecule has 0 unspecified atom stereocenters. The van der Waals surface area contributed by atoms with Crippen molar-refractivity contribution in [2.45, 2.75) is 25.4 Å². The molecule has 40 heavy (non-hydrogen) atoms. The number of benzene rings is 1. The number of rotatable bonds is 6. The number of amides is 2. The third-order valence-electron chi connectivity index (χ3n) is 7.44. The molecule has 2 aliphatic heterocycles. The number of fused-ring (bicyclic) bond motifs is 1. The van der Waals surface area contributed by atoms with Crippen molar-refractivity contribution < 1.29 is 13.9 Å². The average molecular weight is 546 g/mol. The average Bonchev–Trinajstić information content (AvgIpc) is 3.42. The normalized spacial score (nSPS) is 16.8. The molecule has 5 heterocycles. The molecule has 2 N–H and O–H groups in total. The second-order valence-electron chi connectivity index (χ2n) is 10.1. The van der Waals surface area contributed by atoms with E-state index in [2.05, 4.69) is 25.4 Å². The first-order valence-electron chi connectivity index (χ1n) is 13.6. The summed E-state index contributed by atoms with van der Waals surface area (Å²) in [6.45, 7) is 5.21. The molecule has 0 aliphatic carbocycles. The highest BCUT2D eigenvalue weighted by Crippen LogP contribution is 2.32. The Labute approximate surface area is 231 Å². The number of carbonyl (C=O) groups is 1. The van der Waals surface area contributed by atoms with E-state index in [1.165, 1.54) is 6.20 Å². The Hall–Kier alpha value is -4.16. The molecule has 11 nitrogen and oxygen atoms in total. The molecule has 3 aromatic heterocycles. The lowest BCUT2D eigenvalue weighted by molar-refractivity contribution is 0.122. The van der Waals surface area contributed by atoms with Gasteiger partial charge in [-0.25, -0.2) is 23.8 Å². The number of hydrogen-bond acceptors (Lipinski definition) is 8. The van der Waals surface area contributed by atoms with Crippen molar-refractivity contribution in [1.29, 1.82) is 0 Å². The lowest BCUT2D eigenvalue weighted by Gasteiger charge is -2.32. The first-order chi connectivity index (χ1) is 19.6. The van der Waals surface area contributed by atoms with Crippen molar-refractivity contribution in [3.63, 3.8) is 0 Å². The zero-order chi connectivity index (χ0) is 27.5. The van der Waals surface area contributed by atoms with E-state index in [4.69, 9.17) is 19.8 Å². The minimum absolute atomic E-state index is 0.193. The van der Waals surface area contributed by atoms with Gasteiger partial charge in [-0.15, -0.1) is 0 Å². The summed E-state index contributed by atoms with van der Waals surface area (Å²) < 4.78 is 21.2. The Morgan fingerprint density at radius 1 is 1.05 bits per heavy atom. The molecule has 0 atom stereocenters. The van der Waals surface area contributed by atoms with E-state index in [1.54, 1.807) is 19.3 Å². The molecule has 0 spiro atoms. The summed E-state index contributed by atoms with van der Waals surface area (Å²) in [6, 6.07) is 8.97. The van der Waals surface area contributed by atoms with Gasteiger partial charge >= 0.3 is 6.03 Å². The smallest absolute Gasteiger partial charge is 0.318 e. The molecule has 2 saturated heterocycles. The number of hydrogen-bond donors (Lipinski definition) is 2. The zero-order valence-electron chi connectivity index (χ0n) is 22.4. The van der Waals surface area contributed by atoms with E-state index in [0.717, 1.165) is 67.0 Å². The third-order valence-corrected chi connectivity index (χ3v) is 7.44. The van der Waals surface area contributed by atoms with Crippen LogP contribution in [-0.2, 0) is 11.3 Å². The maximum Gasteiger partial charge on any atom is 0.318 e. The fourth-order valence-electron chi connectivity index (χ4n) is 5.34. The van der Waals surface area contributed by atoms with Gasteiger partial charge in [-0.05, 0) is 48.7 Å². The van der Waals surface area contributed by atoms with Crippen LogP contribution in [-0.4, -0.2) is 82.1 Å². The molecule has 1 aromatic carbocycles. The third kappa shape index (κ3) is 5.58. The van der Waals surface area contributed by atoms with Crippen molar-refractivity contribution in [2.75, 3.05) is 56.7 Å². The Bertz CT molecular complexity index is 1480. The molecule has 0 radical (unpaired) electrons. The molecule has 4 aromatic rings. The van der Waals surface area contributed by atoms with Gasteiger partial charge in [0, 0.05) is 57.2 Å². The summed E-state index contributed by atoms with van der Waals surface area (Å²) in [5, 5.41) is 11.1. The van der Waals surface area contributed by atoms with Gasteiger partial charge in [-0.1, -0.05) is 0 Å². The number of nitrogens with zero attached hydrogens (tertiary/aromatic N) is 7. The first kappa shape index (κ1) is 26.1. The van der Waals surface area contributed by atoms with E-state index < -0.39 is 0 Å². The Morgan fingerprint density at radius 2 is 1.82 bits per heavy atom. The van der Waals surface area contributed by atoms with Crippen LogP contribution in [0.1, 0.15) is 24.4 Å². The number of likely N-dealkylation sites (tertiary alicyclic amines) is 1. The summed E-state index contributed by atoms with van der Waals surface area (Å²) in [7, 11) is 1.58. The van der Waals surface area contributed by atoms with E-state index in [-0.39, 0.29) is 17.9 Å². The number of ether oxygens (including phenoxy) is 1. The van der Waals surface area contributed by atoms with Crippen molar-refractivity contribution in [3.05, 3.63) is 60.3 Å². The number of halogens is 1. The molecular weight excluding hydrogens is 513 g/mol. The van der Waals surface area contributed by atoms with Gasteiger partial charge in [0.25, 0.3) is 0 Å². The number of nitrogens with one attached hydrogen (secondary N) is 2. The number of pyridine rings is 1. The van der Waals surface area contributed by atoms with E-state index in [0.29, 0.717) is 31.3 Å². The van der Waals surface area contributed by atoms with Crippen LogP contribution in [0.5, 0.6) is 0 Å². The van der Waals surface area contributed by atoms with Gasteiger partial charge in [0.05, 0.1) is 37.0 Å². The van der Waals surface area contributed by atoms with Gasteiger partial charge < -0.3 is 20.3 Å². The number of piperidine rings is 1. The number of morpholine rings is 1. The summed E-state index contributed by atoms with van der Waals surface area (Å²) in [5.41, 5.74) is 3.23. The van der Waals surface area contributed by atoms with Gasteiger partial charge in [-0.3, -0.25) is 9.88 Å². The van der Waals surface area contributed by atoms with Gasteiger partial charge in [0.2, 0.25) is 0 Å². The maximum atomic E-state index is 13.6. The van der Waals surface area contributed by atoms with Crippen molar-refractivity contribution in [1.82, 2.24) is 34.9 Å². The molecule has 0 saturated carbocycles. The fourth-order valence-corrected chi connectivity index (χ4v) is 5.34. The SMILES string of the molecule is CNC(=O)Nc1ccc(-c2nc(N3CCOCC3)c3cnn(C4CCN(Cc5cncc(F)c5)CC4)c3n2)cc1. The van der Waals surface area contributed by atoms with Crippen molar-refractivity contribution in [3.8, 4) is 11.4 Å². The quantitative estimate of drug-likeness (QED) is 0.379. The summed E-state index contributed by atoms with van der Waals surface area (Å²) >= 11 is 0. The highest BCUT2D eigenvalue weighted by Gasteiger charge is 2.26. The van der Waals surface area contributed by atoms with Crippen molar-refractivity contribution in [2.24, 2.45) is 0 Å². The predicted octanol–water partition coefficient (Wildman–Crippen LogP) is 3.45. The molecule has 0 bridgehead atoms. The van der Waals surface area contributed by atoms with Crippen LogP contribution in [0.2, 0.25) is 0 Å². The highest BCUT2D eigenvalue weighted by molar-refractivity contribution is 5.90. The lowest BCUT2D eigenvalue weighted by Crippen LogP contribution is -2.37. The van der Waals surface area contributed by atoms with Gasteiger partial charge in [-0.2, -0.15) is 5.10 Å². The minimum Gasteiger partial charge on any atom is -0.378 e. The first-order valence-corrected chi connectivity index (χ1v) is 13.6. The topological polar surface area (TPSA) is 113 Å². The summed E-state index contributed by atoms with van der Waals surface area (Å²) in [5.74, 6) is 1.16. The van der Waals surface area contributed by atoms with Gasteiger partial charge in [0.15, 0.2) is 11.5 Å². The Morgan fingerprint density at radius 3 is 2.55 bits per heavy atom. The monoisotopic (exact) mass is 545 g/mol. The number of anilines is 2. The molecule has 2 amide bonds. The van der Waals surface area contributed by atoms with E-state index >= 15 is 0 Å². The van der Waals surface area contributed by atoms with E-state index in [1.807, 2.05) is 35.1 Å². The molecule has 6 rings (SSSR count). The standard InChI is InChI=1S/C28H32FN9O2/c1-30-28(39)33-22-4-2-20(3-5-22)25-34-26(37-10-12-40-13-11-37)24-17-32-38(27(24)35-25)23-6-8-36(9-7-23)18-19-14-21(29)16-31-15-19/h2-5,14-17,23H,6-13,18H2,1H3,(H2,30,33,39). The van der Waals surface area contributed by atoms with Crippen molar-refractivity contribution >= 4 is 28.6 Å². The summed E-state index contributed by atoms with van der Waals surface area (Å²) in [4.78, 5) is 30.2. The fraction of sp³-hybridized carbons (Fsp3) is 0.393. The molecule has 2 fully saturated rings. The maximum absolute atomic E-state index is 13.6. The molecule has 208 valence electrons. The molecule has 2 aliphatic rings. The van der Waals surface area contributed by atoms with Crippen LogP contribution in [0.15, 0.2) is 48.9 Å². The van der Waals surface area contributed by atoms with Crippen LogP contribution < -0.4 is 15.5 Å². The van der Waals surface area contributed by atoms with Gasteiger partial charge in [0.1, 0.15) is 11.6 Å². The predicted molar refractivity (Wildman–Crippen MR) is 150 cm³/mol. The van der Waals surface area contributed by atoms with E-state index in [9.17, 15) is 9.18 Å². The molecular formula is C28H32FN9O2. The number of urea groups is 1. The molecule has 12 heteroatoms. The lowest BCUT2D eigenvalue weighted by atomic mass is 10.0. The second kappa shape index (κ2) is 11.5. The minimum atomic E-state index is -0.306. The number of carbonyl (C=O) groups excluding carboxylic acids is 1. The van der Waals surface area contributed by atoms with Crippen LogP contribution in [0.3, 0.4) is 0 Å². The second-order valence-corrected chi connectivity index (χ2v) is 10.1. The van der Waals surface area contributed by atoms with Crippen LogP contribution in [0.25, 0.3) is 22.4 Å². The van der Waals surface area contributed by atoms with Crippen LogP contribution >= 0.6 is 0 Å².